The van der Waals surface area contributed by atoms with Gasteiger partial charge in [0.25, 0.3) is 11.8 Å². The van der Waals surface area contributed by atoms with E-state index in [-0.39, 0.29) is 24.1 Å². The van der Waals surface area contributed by atoms with E-state index in [0.29, 0.717) is 30.0 Å². The Morgan fingerprint density at radius 3 is 2.34 bits per heavy atom. The van der Waals surface area contributed by atoms with Gasteiger partial charge in [-0.3, -0.25) is 14.4 Å². The molecule has 0 radical (unpaired) electrons. The minimum atomic E-state index is -0.856. The molecule has 1 heterocycles. The van der Waals surface area contributed by atoms with Crippen molar-refractivity contribution in [2.45, 2.75) is 18.9 Å². The van der Waals surface area contributed by atoms with Crippen molar-refractivity contribution in [2.75, 3.05) is 18.6 Å². The topological polar surface area (TPSA) is 66.9 Å². The Kier molecular flexibility index (Phi) is 6.31. The van der Waals surface area contributed by atoms with Crippen LogP contribution in [0.2, 0.25) is 0 Å². The molecule has 0 N–H and O–H groups in total. The molecule has 162 valence electrons. The van der Waals surface area contributed by atoms with Gasteiger partial charge in [0.15, 0.2) is 0 Å². The second kappa shape index (κ2) is 9.47. The number of benzene rings is 3. The predicted molar refractivity (Wildman–Crippen MR) is 122 cm³/mol. The second-order valence-electron chi connectivity index (χ2n) is 7.59. The summed E-state index contributed by atoms with van der Waals surface area (Å²) in [5.74, 6) is -0.445. The van der Waals surface area contributed by atoms with E-state index in [1.807, 2.05) is 36.4 Å². The molecule has 4 rings (SSSR count). The van der Waals surface area contributed by atoms with Gasteiger partial charge in [-0.15, -0.1) is 0 Å². The molecule has 3 amide bonds. The number of imide groups is 1. The van der Waals surface area contributed by atoms with Gasteiger partial charge in [0, 0.05) is 12.1 Å². The molecule has 0 bridgehead atoms. The molecular formula is C26H24N2O4. The van der Waals surface area contributed by atoms with Crippen LogP contribution >= 0.6 is 0 Å². The van der Waals surface area contributed by atoms with Crippen LogP contribution in [0.15, 0.2) is 84.9 Å². The Morgan fingerprint density at radius 1 is 0.969 bits per heavy atom. The number of ether oxygens (including phenoxy) is 1. The summed E-state index contributed by atoms with van der Waals surface area (Å²) in [6.45, 7) is 0.312. The monoisotopic (exact) mass is 428 g/mol. The maximum absolute atomic E-state index is 13.5. The standard InChI is InChI=1S/C26H24N2O4/c1-32-22-14-8-11-20(17-22)25(30)27(16-15-19-9-4-2-5-10-19)23-18-24(29)28(26(23)31)21-12-6-3-7-13-21/h2-14,17,23H,15-16,18H2,1H3. The molecule has 6 heteroatoms. The molecule has 0 saturated carbocycles. The summed E-state index contributed by atoms with van der Waals surface area (Å²) in [5.41, 5.74) is 1.98. The number of anilines is 1. The highest BCUT2D eigenvalue weighted by atomic mass is 16.5. The second-order valence-corrected chi connectivity index (χ2v) is 7.59. The number of methoxy groups -OCH3 is 1. The summed E-state index contributed by atoms with van der Waals surface area (Å²) in [7, 11) is 1.54. The molecule has 1 fully saturated rings. The van der Waals surface area contributed by atoms with Gasteiger partial charge in [-0.2, -0.15) is 0 Å². The Hall–Kier alpha value is -3.93. The molecule has 0 spiro atoms. The zero-order chi connectivity index (χ0) is 22.5. The van der Waals surface area contributed by atoms with E-state index >= 15 is 0 Å². The Morgan fingerprint density at radius 2 is 1.66 bits per heavy atom. The van der Waals surface area contributed by atoms with Crippen molar-refractivity contribution >= 4 is 23.4 Å². The van der Waals surface area contributed by atoms with Gasteiger partial charge in [-0.1, -0.05) is 54.6 Å². The summed E-state index contributed by atoms with van der Waals surface area (Å²) in [6.07, 6.45) is 0.526. The van der Waals surface area contributed by atoms with Crippen molar-refractivity contribution in [3.63, 3.8) is 0 Å². The zero-order valence-corrected chi connectivity index (χ0v) is 17.8. The maximum atomic E-state index is 13.5. The zero-order valence-electron chi connectivity index (χ0n) is 17.8. The molecule has 6 nitrogen and oxygen atoms in total. The van der Waals surface area contributed by atoms with E-state index in [0.717, 1.165) is 5.56 Å². The van der Waals surface area contributed by atoms with Crippen LogP contribution in [0.1, 0.15) is 22.3 Å². The molecule has 0 aliphatic carbocycles. The van der Waals surface area contributed by atoms with E-state index in [1.54, 1.807) is 48.5 Å². The van der Waals surface area contributed by atoms with Gasteiger partial charge in [-0.25, -0.2) is 4.90 Å². The first-order chi connectivity index (χ1) is 15.6. The first-order valence-electron chi connectivity index (χ1n) is 10.5. The highest BCUT2D eigenvalue weighted by Gasteiger charge is 2.44. The fraction of sp³-hybridized carbons (Fsp3) is 0.192. The normalized spacial score (nSPS) is 15.7. The molecular weight excluding hydrogens is 404 g/mol. The summed E-state index contributed by atoms with van der Waals surface area (Å²) >= 11 is 0. The van der Waals surface area contributed by atoms with Crippen molar-refractivity contribution < 1.29 is 19.1 Å². The van der Waals surface area contributed by atoms with Crippen LogP contribution in [0.4, 0.5) is 5.69 Å². The third-order valence-corrected chi connectivity index (χ3v) is 5.58. The SMILES string of the molecule is COc1cccc(C(=O)N(CCc2ccccc2)C2CC(=O)N(c3ccccc3)C2=O)c1. The molecule has 3 aromatic carbocycles. The smallest absolute Gasteiger partial charge is 0.257 e. The lowest BCUT2D eigenvalue weighted by Gasteiger charge is -2.28. The van der Waals surface area contributed by atoms with Crippen LogP contribution in [0.5, 0.6) is 5.75 Å². The quantitative estimate of drug-likeness (QED) is 0.538. The van der Waals surface area contributed by atoms with E-state index in [2.05, 4.69) is 0 Å². The predicted octanol–water partition coefficient (Wildman–Crippen LogP) is 3.71. The lowest BCUT2D eigenvalue weighted by molar-refractivity contribution is -0.122. The van der Waals surface area contributed by atoms with Gasteiger partial charge < -0.3 is 9.64 Å². The van der Waals surface area contributed by atoms with Crippen LogP contribution < -0.4 is 9.64 Å². The van der Waals surface area contributed by atoms with E-state index in [1.165, 1.54) is 16.9 Å². The Bertz CT molecular complexity index is 1110. The lowest BCUT2D eigenvalue weighted by Crippen LogP contribution is -2.46. The number of hydrogen-bond acceptors (Lipinski definition) is 4. The van der Waals surface area contributed by atoms with Crippen LogP contribution in [0.25, 0.3) is 0 Å². The summed E-state index contributed by atoms with van der Waals surface area (Å²) in [4.78, 5) is 42.3. The number of carbonyl (C=O) groups is 3. The molecule has 0 aromatic heterocycles. The maximum Gasteiger partial charge on any atom is 0.257 e. The number of hydrogen-bond donors (Lipinski definition) is 0. The van der Waals surface area contributed by atoms with Crippen LogP contribution in [-0.4, -0.2) is 42.3 Å². The molecule has 32 heavy (non-hydrogen) atoms. The van der Waals surface area contributed by atoms with Crippen molar-refractivity contribution in [1.29, 1.82) is 0 Å². The van der Waals surface area contributed by atoms with E-state index < -0.39 is 6.04 Å². The molecule has 1 aliphatic heterocycles. The van der Waals surface area contributed by atoms with Gasteiger partial charge in [-0.05, 0) is 42.3 Å². The molecule has 1 unspecified atom stereocenters. The fourth-order valence-electron chi connectivity index (χ4n) is 3.92. The highest BCUT2D eigenvalue weighted by molar-refractivity contribution is 6.23. The highest BCUT2D eigenvalue weighted by Crippen LogP contribution is 2.27. The average molecular weight is 428 g/mol. The van der Waals surface area contributed by atoms with Gasteiger partial charge in [0.2, 0.25) is 5.91 Å². The summed E-state index contributed by atoms with van der Waals surface area (Å²) in [6, 6.07) is 24.5. The average Bonchev–Trinajstić information content (AvgIpc) is 3.13. The molecule has 1 atom stereocenters. The van der Waals surface area contributed by atoms with Crippen molar-refractivity contribution in [2.24, 2.45) is 0 Å². The van der Waals surface area contributed by atoms with Gasteiger partial charge in [0.05, 0.1) is 19.2 Å². The molecule has 1 aliphatic rings. The van der Waals surface area contributed by atoms with Crippen LogP contribution in [0, 0.1) is 0 Å². The summed E-state index contributed by atoms with van der Waals surface area (Å²) < 4.78 is 5.25. The first-order valence-corrected chi connectivity index (χ1v) is 10.5. The van der Waals surface area contributed by atoms with Crippen molar-refractivity contribution in [3.8, 4) is 5.75 Å². The van der Waals surface area contributed by atoms with Crippen molar-refractivity contribution in [3.05, 3.63) is 96.1 Å². The largest absolute Gasteiger partial charge is 0.497 e. The van der Waals surface area contributed by atoms with Gasteiger partial charge in [0.1, 0.15) is 11.8 Å². The lowest BCUT2D eigenvalue weighted by atomic mass is 10.1. The summed E-state index contributed by atoms with van der Waals surface area (Å²) in [5, 5.41) is 0. The first kappa shape index (κ1) is 21.3. The van der Waals surface area contributed by atoms with Crippen LogP contribution in [-0.2, 0) is 16.0 Å². The Labute approximate surface area is 187 Å². The third kappa shape index (κ3) is 4.39. The number of para-hydroxylation sites is 1. The Balaban J connectivity index is 1.64. The number of amides is 3. The number of nitrogens with zero attached hydrogens (tertiary/aromatic N) is 2. The molecule has 3 aromatic rings. The fourth-order valence-corrected chi connectivity index (χ4v) is 3.92. The number of carbonyl (C=O) groups excluding carboxylic acids is 3. The van der Waals surface area contributed by atoms with E-state index in [4.69, 9.17) is 4.74 Å². The van der Waals surface area contributed by atoms with Crippen molar-refractivity contribution in [1.82, 2.24) is 4.90 Å². The minimum Gasteiger partial charge on any atom is -0.497 e. The van der Waals surface area contributed by atoms with Crippen LogP contribution in [0.3, 0.4) is 0 Å². The van der Waals surface area contributed by atoms with E-state index in [9.17, 15) is 14.4 Å². The number of rotatable bonds is 7. The minimum absolute atomic E-state index is 0.0434. The van der Waals surface area contributed by atoms with Gasteiger partial charge >= 0.3 is 0 Å². The third-order valence-electron chi connectivity index (χ3n) is 5.58. The molecule has 1 saturated heterocycles.